The fourth-order valence-corrected chi connectivity index (χ4v) is 5.58. The van der Waals surface area contributed by atoms with Gasteiger partial charge in [-0.2, -0.15) is 0 Å². The molecule has 0 saturated heterocycles. The molecule has 0 aromatic heterocycles. The summed E-state index contributed by atoms with van der Waals surface area (Å²) in [6.07, 6.45) is -0.225. The van der Waals surface area contributed by atoms with Gasteiger partial charge in [-0.25, -0.2) is 4.79 Å². The van der Waals surface area contributed by atoms with Crippen LogP contribution in [0.2, 0.25) is 0 Å². The molecular formula is C35H34N4O10. The van der Waals surface area contributed by atoms with Crippen LogP contribution in [0.4, 0.5) is 5.69 Å². The van der Waals surface area contributed by atoms with Gasteiger partial charge in [-0.3, -0.25) is 19.7 Å². The minimum absolute atomic E-state index is 0.0156. The van der Waals surface area contributed by atoms with E-state index in [-0.39, 0.29) is 42.1 Å². The van der Waals surface area contributed by atoms with Crippen LogP contribution in [0, 0.1) is 10.1 Å². The number of amides is 2. The van der Waals surface area contributed by atoms with Gasteiger partial charge in [0.1, 0.15) is 23.0 Å². The molecular weight excluding hydrogens is 636 g/mol. The van der Waals surface area contributed by atoms with E-state index in [4.69, 9.17) is 24.7 Å². The van der Waals surface area contributed by atoms with E-state index in [0.29, 0.717) is 45.1 Å². The van der Waals surface area contributed by atoms with Gasteiger partial charge in [0.25, 0.3) is 0 Å². The van der Waals surface area contributed by atoms with Crippen molar-refractivity contribution in [2.75, 3.05) is 21.3 Å². The molecule has 0 radical (unpaired) electrons. The Balaban J connectivity index is 1.65. The molecule has 0 saturated carbocycles. The number of fused-ring (bicyclic) bond motifs is 9. The summed E-state index contributed by atoms with van der Waals surface area (Å²) in [5, 5.41) is 27.6. The second-order valence-electron chi connectivity index (χ2n) is 11.2. The van der Waals surface area contributed by atoms with E-state index < -0.39 is 34.8 Å². The number of carbonyl (C=O) groups excluding carboxylic acids is 2. The number of nitro groups is 1. The largest absolute Gasteiger partial charge is 0.497 e. The van der Waals surface area contributed by atoms with E-state index in [9.17, 15) is 29.6 Å². The minimum atomic E-state index is -1.46. The average molecular weight is 671 g/mol. The lowest BCUT2D eigenvalue weighted by Crippen LogP contribution is -2.41. The lowest BCUT2D eigenvalue weighted by atomic mass is 9.93. The third-order valence-corrected chi connectivity index (χ3v) is 7.95. The van der Waals surface area contributed by atoms with Crippen LogP contribution >= 0.6 is 0 Å². The van der Waals surface area contributed by atoms with Crippen molar-refractivity contribution >= 4 is 23.5 Å². The smallest absolute Gasteiger partial charge is 0.330 e. The van der Waals surface area contributed by atoms with Crippen molar-refractivity contribution in [3.8, 4) is 39.9 Å². The highest BCUT2D eigenvalue weighted by molar-refractivity contribution is 5.88. The number of benzene rings is 4. The summed E-state index contributed by atoms with van der Waals surface area (Å²) in [5.74, 6) is -1.17. The maximum atomic E-state index is 13.3. The zero-order valence-electron chi connectivity index (χ0n) is 26.9. The van der Waals surface area contributed by atoms with Crippen LogP contribution < -0.4 is 35.3 Å². The van der Waals surface area contributed by atoms with Crippen molar-refractivity contribution in [1.29, 1.82) is 0 Å². The topological polar surface area (TPSA) is 202 Å². The minimum Gasteiger partial charge on any atom is -0.497 e. The quantitative estimate of drug-likeness (QED) is 0.176. The van der Waals surface area contributed by atoms with Crippen LogP contribution in [-0.2, 0) is 33.8 Å². The molecule has 5 N–H and O–H groups in total. The second-order valence-corrected chi connectivity index (χ2v) is 11.2. The first-order valence-electron chi connectivity index (χ1n) is 15.0. The van der Waals surface area contributed by atoms with Crippen LogP contribution in [0.5, 0.6) is 28.7 Å². The van der Waals surface area contributed by atoms with Gasteiger partial charge < -0.3 is 40.4 Å². The fraction of sp³-hybridized carbons (Fsp3) is 0.229. The monoisotopic (exact) mass is 670 g/mol. The van der Waals surface area contributed by atoms with Gasteiger partial charge in [0.05, 0.1) is 38.7 Å². The molecule has 6 bridgehead atoms. The Morgan fingerprint density at radius 2 is 1.73 bits per heavy atom. The molecule has 14 heteroatoms. The molecule has 4 aromatic rings. The number of hydrogen-bond acceptors (Lipinski definition) is 10. The van der Waals surface area contributed by atoms with Crippen LogP contribution in [0.15, 0.2) is 72.8 Å². The van der Waals surface area contributed by atoms with Gasteiger partial charge in [0.2, 0.25) is 17.6 Å². The van der Waals surface area contributed by atoms with Crippen LogP contribution in [0.25, 0.3) is 11.1 Å². The standard InChI is InChI=1S/C35H34N4O10/c1-46-24-15-22-18-37-34(41)26(36)12-20-7-9-29(27(13-20)39(44)45)49-23-6-4-5-19(11-23)14-31(40)38-33(35(42)43)21-8-10-28(47-2)25(16-21)32(22)30(17-24)48-3/h4-11,13,15-17,26,33H,12,14,18,36H2,1-3H3,(H,37,41)(H,38,40)(H,42,43)/t26-,33+/m0/s1. The van der Waals surface area contributed by atoms with Crippen molar-refractivity contribution in [3.05, 3.63) is 105 Å². The Morgan fingerprint density at radius 3 is 2.43 bits per heavy atom. The summed E-state index contributed by atoms with van der Waals surface area (Å²) >= 11 is 0. The maximum Gasteiger partial charge on any atom is 0.330 e. The molecule has 6 rings (SSSR count). The predicted molar refractivity (Wildman–Crippen MR) is 177 cm³/mol. The van der Waals surface area contributed by atoms with Gasteiger partial charge in [-0.05, 0) is 65.1 Å². The zero-order chi connectivity index (χ0) is 35.2. The van der Waals surface area contributed by atoms with E-state index in [1.165, 1.54) is 45.6 Å². The molecule has 0 fully saturated rings. The van der Waals surface area contributed by atoms with E-state index in [1.54, 1.807) is 48.5 Å². The van der Waals surface area contributed by atoms with Crippen LogP contribution in [0.3, 0.4) is 0 Å². The van der Waals surface area contributed by atoms with Gasteiger partial charge in [-0.15, -0.1) is 0 Å². The van der Waals surface area contributed by atoms with Gasteiger partial charge >= 0.3 is 11.7 Å². The summed E-state index contributed by atoms with van der Waals surface area (Å²) in [4.78, 5) is 50.4. The third kappa shape index (κ3) is 7.71. The molecule has 14 nitrogen and oxygen atoms in total. The van der Waals surface area contributed by atoms with Crippen molar-refractivity contribution in [1.82, 2.24) is 10.6 Å². The molecule has 2 aliphatic rings. The highest BCUT2D eigenvalue weighted by atomic mass is 16.6. The molecule has 0 aliphatic carbocycles. The third-order valence-electron chi connectivity index (χ3n) is 7.95. The number of nitrogens with one attached hydrogen (secondary N) is 2. The molecule has 2 aliphatic heterocycles. The summed E-state index contributed by atoms with van der Waals surface area (Å²) in [5.41, 5.74) is 8.48. The lowest BCUT2D eigenvalue weighted by Gasteiger charge is -2.21. The summed E-state index contributed by atoms with van der Waals surface area (Å²) in [7, 11) is 4.38. The van der Waals surface area contributed by atoms with Crippen molar-refractivity contribution in [2.45, 2.75) is 31.5 Å². The Labute approximate surface area is 280 Å². The molecule has 2 atom stereocenters. The normalized spacial score (nSPS) is 16.4. The first-order valence-corrected chi connectivity index (χ1v) is 15.0. The number of hydrogen-bond donors (Lipinski definition) is 4. The Hall–Kier alpha value is -6.15. The van der Waals surface area contributed by atoms with E-state index in [1.807, 2.05) is 0 Å². The molecule has 0 spiro atoms. The number of rotatable bonds is 5. The molecule has 49 heavy (non-hydrogen) atoms. The van der Waals surface area contributed by atoms with Crippen molar-refractivity contribution in [2.24, 2.45) is 5.73 Å². The summed E-state index contributed by atoms with van der Waals surface area (Å²) in [6, 6.07) is 16.1. The zero-order valence-corrected chi connectivity index (χ0v) is 26.9. The van der Waals surface area contributed by atoms with Gasteiger partial charge in [0, 0.05) is 29.8 Å². The highest BCUT2D eigenvalue weighted by Gasteiger charge is 2.27. The lowest BCUT2D eigenvalue weighted by molar-refractivity contribution is -0.385. The number of nitrogens with zero attached hydrogens (tertiary/aromatic N) is 1. The summed E-state index contributed by atoms with van der Waals surface area (Å²) in [6.45, 7) is -0.0629. The number of aliphatic carboxylic acids is 1. The van der Waals surface area contributed by atoms with E-state index in [0.717, 1.165) is 0 Å². The predicted octanol–water partition coefficient (Wildman–Crippen LogP) is 4.06. The molecule has 254 valence electrons. The van der Waals surface area contributed by atoms with Gasteiger partial charge in [-0.1, -0.05) is 24.3 Å². The first-order chi connectivity index (χ1) is 23.5. The van der Waals surface area contributed by atoms with Crippen molar-refractivity contribution in [3.63, 3.8) is 0 Å². The first kappa shape index (κ1) is 34.2. The van der Waals surface area contributed by atoms with E-state index in [2.05, 4.69) is 10.6 Å². The highest BCUT2D eigenvalue weighted by Crippen LogP contribution is 2.43. The number of nitrogens with two attached hydrogens (primary N) is 1. The SMILES string of the molecule is COc1cc2c(c(OC)c1)-c1cc(ccc1OC)[C@H](C(=O)O)NC(=O)Cc1cccc(c1)Oc1ccc(cc1[N+](=O)[O-])C[C@H](N)C(=O)NC2. The summed E-state index contributed by atoms with van der Waals surface area (Å²) < 4.78 is 22.7. The Morgan fingerprint density at radius 1 is 0.959 bits per heavy atom. The molecule has 0 unspecified atom stereocenters. The van der Waals surface area contributed by atoms with Crippen molar-refractivity contribution < 1.29 is 43.4 Å². The number of carboxylic acid groups (broad SMARTS) is 1. The van der Waals surface area contributed by atoms with Crippen LogP contribution in [-0.4, -0.2) is 55.2 Å². The average Bonchev–Trinajstić information content (AvgIpc) is 3.08. The molecule has 2 amide bonds. The fourth-order valence-electron chi connectivity index (χ4n) is 5.58. The van der Waals surface area contributed by atoms with Crippen LogP contribution in [0.1, 0.15) is 28.3 Å². The van der Waals surface area contributed by atoms with Gasteiger partial charge in [0.15, 0.2) is 6.04 Å². The number of methoxy groups -OCH3 is 3. The second kappa shape index (κ2) is 14.7. The van der Waals surface area contributed by atoms with E-state index >= 15 is 0 Å². The Kier molecular flexibility index (Phi) is 10.3. The number of carboxylic acids is 1. The number of nitro benzene ring substituents is 1. The number of ether oxygens (including phenoxy) is 4. The molecule has 4 aromatic carbocycles. The maximum absolute atomic E-state index is 13.3. The Bertz CT molecular complexity index is 1930. The number of carbonyl (C=O) groups is 3. The molecule has 2 heterocycles.